The van der Waals surface area contributed by atoms with Crippen molar-refractivity contribution in [2.75, 3.05) is 7.05 Å². The van der Waals surface area contributed by atoms with Crippen LogP contribution in [-0.2, 0) is 5.41 Å². The second-order valence-electron chi connectivity index (χ2n) is 10.3. The predicted molar refractivity (Wildman–Crippen MR) is 131 cm³/mol. The lowest BCUT2D eigenvalue weighted by Gasteiger charge is -2.35. The van der Waals surface area contributed by atoms with Crippen LogP contribution in [0.5, 0.6) is 0 Å². The molecule has 0 saturated carbocycles. The molecular weight excluding hydrogens is 366 g/mol. The van der Waals surface area contributed by atoms with Crippen LogP contribution in [0.3, 0.4) is 0 Å². The number of benzene rings is 2. The SMILES string of the molecule is CCC(C)c1ccc(C(=N)/N=C(/c2ccc(C(C)(C)C)cc2)N(C)C(C)(C)C)cc1. The Kier molecular flexibility index (Phi) is 7.28. The highest BCUT2D eigenvalue weighted by molar-refractivity contribution is 6.10. The van der Waals surface area contributed by atoms with Gasteiger partial charge in [-0.25, -0.2) is 4.99 Å². The summed E-state index contributed by atoms with van der Waals surface area (Å²) in [5.74, 6) is 1.64. The maximum absolute atomic E-state index is 8.66. The zero-order valence-corrected chi connectivity index (χ0v) is 20.3. The second kappa shape index (κ2) is 9.16. The van der Waals surface area contributed by atoms with Crippen LogP contribution in [0.4, 0.5) is 0 Å². The van der Waals surface area contributed by atoms with Crippen molar-refractivity contribution < 1.29 is 0 Å². The first kappa shape index (κ1) is 23.9. The molecule has 1 N–H and O–H groups in total. The van der Waals surface area contributed by atoms with Gasteiger partial charge in [0.1, 0.15) is 5.84 Å². The Morgan fingerprint density at radius 2 is 1.40 bits per heavy atom. The average molecular weight is 406 g/mol. The predicted octanol–water partition coefficient (Wildman–Crippen LogP) is 7.00. The van der Waals surface area contributed by atoms with Crippen LogP contribution in [0.15, 0.2) is 53.5 Å². The van der Waals surface area contributed by atoms with Crippen molar-refractivity contribution >= 4 is 11.7 Å². The van der Waals surface area contributed by atoms with E-state index in [2.05, 4.69) is 104 Å². The van der Waals surface area contributed by atoms with E-state index in [1.807, 2.05) is 12.1 Å². The summed E-state index contributed by atoms with van der Waals surface area (Å²) < 4.78 is 0. The number of aliphatic imine (C=N–C) groups is 1. The van der Waals surface area contributed by atoms with Crippen LogP contribution in [-0.4, -0.2) is 29.2 Å². The molecule has 0 amide bonds. The van der Waals surface area contributed by atoms with E-state index in [9.17, 15) is 0 Å². The highest BCUT2D eigenvalue weighted by Gasteiger charge is 2.23. The maximum Gasteiger partial charge on any atom is 0.154 e. The summed E-state index contributed by atoms with van der Waals surface area (Å²) in [7, 11) is 2.05. The van der Waals surface area contributed by atoms with Crippen molar-refractivity contribution in [2.45, 2.75) is 78.7 Å². The zero-order chi connectivity index (χ0) is 22.7. The van der Waals surface area contributed by atoms with E-state index in [4.69, 9.17) is 10.4 Å². The van der Waals surface area contributed by atoms with E-state index in [1.54, 1.807) is 0 Å². The molecule has 0 aromatic heterocycles. The number of hydrogen-bond donors (Lipinski definition) is 1. The summed E-state index contributed by atoms with van der Waals surface area (Å²) in [5.41, 5.74) is 4.47. The Balaban J connectivity index is 2.44. The molecule has 0 fully saturated rings. The van der Waals surface area contributed by atoms with E-state index in [0.717, 1.165) is 23.4 Å². The minimum absolute atomic E-state index is 0.107. The minimum atomic E-state index is -0.109. The quantitative estimate of drug-likeness (QED) is 0.431. The number of hydrogen-bond acceptors (Lipinski definition) is 1. The van der Waals surface area contributed by atoms with Crippen LogP contribution in [0.2, 0.25) is 0 Å². The molecule has 0 bridgehead atoms. The van der Waals surface area contributed by atoms with Crippen LogP contribution in [0, 0.1) is 5.41 Å². The molecule has 2 aromatic carbocycles. The van der Waals surface area contributed by atoms with Gasteiger partial charge in [-0.3, -0.25) is 5.41 Å². The molecular formula is C27H39N3. The Hall–Kier alpha value is -2.42. The Morgan fingerprint density at radius 1 is 0.900 bits per heavy atom. The van der Waals surface area contributed by atoms with Gasteiger partial charge in [0.05, 0.1) is 0 Å². The fraction of sp³-hybridized carbons (Fsp3) is 0.481. The van der Waals surface area contributed by atoms with Crippen molar-refractivity contribution in [3.8, 4) is 0 Å². The van der Waals surface area contributed by atoms with Gasteiger partial charge in [-0.05, 0) is 49.7 Å². The summed E-state index contributed by atoms with van der Waals surface area (Å²) in [6.07, 6.45) is 1.11. The topological polar surface area (TPSA) is 39.5 Å². The van der Waals surface area contributed by atoms with Gasteiger partial charge < -0.3 is 4.90 Å². The molecule has 0 aliphatic heterocycles. The molecule has 0 aliphatic rings. The van der Waals surface area contributed by atoms with Crippen molar-refractivity contribution in [1.29, 1.82) is 5.41 Å². The van der Waals surface area contributed by atoms with Crippen molar-refractivity contribution in [3.05, 3.63) is 70.8 Å². The van der Waals surface area contributed by atoms with Gasteiger partial charge in [-0.2, -0.15) is 0 Å². The third-order valence-electron chi connectivity index (χ3n) is 5.92. The zero-order valence-electron chi connectivity index (χ0n) is 20.3. The summed E-state index contributed by atoms with van der Waals surface area (Å²) in [4.78, 5) is 6.95. The molecule has 3 nitrogen and oxygen atoms in total. The highest BCUT2D eigenvalue weighted by atomic mass is 15.2. The molecule has 0 saturated heterocycles. The van der Waals surface area contributed by atoms with Crippen molar-refractivity contribution in [2.24, 2.45) is 4.99 Å². The Bertz CT molecular complexity index is 876. The molecule has 0 radical (unpaired) electrons. The smallest absolute Gasteiger partial charge is 0.154 e. The van der Waals surface area contributed by atoms with Crippen LogP contribution in [0.1, 0.15) is 90.0 Å². The lowest BCUT2D eigenvalue weighted by Crippen LogP contribution is -2.43. The fourth-order valence-electron chi connectivity index (χ4n) is 3.15. The lowest BCUT2D eigenvalue weighted by atomic mass is 9.86. The van der Waals surface area contributed by atoms with Crippen LogP contribution < -0.4 is 0 Å². The Morgan fingerprint density at radius 3 is 1.83 bits per heavy atom. The Labute approximate surface area is 183 Å². The summed E-state index contributed by atoms with van der Waals surface area (Å²) in [6, 6.07) is 16.9. The molecule has 2 rings (SSSR count). The highest BCUT2D eigenvalue weighted by Crippen LogP contribution is 2.24. The molecule has 2 aromatic rings. The van der Waals surface area contributed by atoms with E-state index < -0.39 is 0 Å². The molecule has 30 heavy (non-hydrogen) atoms. The molecule has 1 unspecified atom stereocenters. The van der Waals surface area contributed by atoms with Gasteiger partial charge in [0, 0.05) is 23.7 Å². The summed E-state index contributed by atoms with van der Waals surface area (Å²) in [6.45, 7) is 17.6. The third-order valence-corrected chi connectivity index (χ3v) is 5.92. The fourth-order valence-corrected chi connectivity index (χ4v) is 3.15. The monoisotopic (exact) mass is 405 g/mol. The van der Waals surface area contributed by atoms with Gasteiger partial charge >= 0.3 is 0 Å². The van der Waals surface area contributed by atoms with E-state index >= 15 is 0 Å². The number of amidine groups is 2. The van der Waals surface area contributed by atoms with Crippen molar-refractivity contribution in [1.82, 2.24) is 4.90 Å². The van der Waals surface area contributed by atoms with Crippen LogP contribution in [0.25, 0.3) is 0 Å². The summed E-state index contributed by atoms with van der Waals surface area (Å²) >= 11 is 0. The first-order valence-electron chi connectivity index (χ1n) is 11.0. The number of nitrogens with zero attached hydrogens (tertiary/aromatic N) is 2. The molecule has 3 heteroatoms. The van der Waals surface area contributed by atoms with Crippen LogP contribution >= 0.6 is 0 Å². The van der Waals surface area contributed by atoms with Gasteiger partial charge in [-0.15, -0.1) is 0 Å². The number of nitrogens with one attached hydrogen (secondary N) is 1. The minimum Gasteiger partial charge on any atom is -0.354 e. The molecule has 0 aliphatic carbocycles. The standard InChI is InChI=1S/C27H39N3/c1-10-19(2)20-11-13-21(14-12-20)24(28)29-25(30(9)27(6,7)8)22-15-17-23(18-16-22)26(3,4)5/h11-19,28H,10H2,1-9H3/b28-24?,29-25-. The third kappa shape index (κ3) is 5.81. The van der Waals surface area contributed by atoms with E-state index in [-0.39, 0.29) is 16.8 Å². The molecule has 0 heterocycles. The van der Waals surface area contributed by atoms with Gasteiger partial charge in [0.25, 0.3) is 0 Å². The van der Waals surface area contributed by atoms with Gasteiger partial charge in [-0.1, -0.05) is 83.1 Å². The molecule has 0 spiro atoms. The first-order valence-corrected chi connectivity index (χ1v) is 11.0. The number of rotatable bonds is 4. The second-order valence-corrected chi connectivity index (χ2v) is 10.3. The van der Waals surface area contributed by atoms with Gasteiger partial charge in [0.15, 0.2) is 5.84 Å². The largest absolute Gasteiger partial charge is 0.354 e. The lowest BCUT2D eigenvalue weighted by molar-refractivity contribution is 0.282. The van der Waals surface area contributed by atoms with E-state index in [0.29, 0.717) is 5.92 Å². The van der Waals surface area contributed by atoms with Crippen molar-refractivity contribution in [3.63, 3.8) is 0 Å². The molecule has 162 valence electrons. The van der Waals surface area contributed by atoms with E-state index in [1.165, 1.54) is 11.1 Å². The van der Waals surface area contributed by atoms with Gasteiger partial charge in [0.2, 0.25) is 0 Å². The normalized spacial score (nSPS) is 13.8. The molecule has 1 atom stereocenters. The maximum atomic E-state index is 8.66. The average Bonchev–Trinajstić information content (AvgIpc) is 2.69. The summed E-state index contributed by atoms with van der Waals surface area (Å²) in [5, 5.41) is 8.66. The first-order chi connectivity index (χ1) is 13.8.